The number of nitrogens with zero attached hydrogens (tertiary/aromatic N) is 4. The van der Waals surface area contributed by atoms with E-state index in [4.69, 9.17) is 0 Å². The molecule has 0 saturated carbocycles. The average molecular weight is 314 g/mol. The summed E-state index contributed by atoms with van der Waals surface area (Å²) in [6, 6.07) is 10.1. The van der Waals surface area contributed by atoms with E-state index in [2.05, 4.69) is 27.9 Å². The molecule has 1 N–H and O–H groups in total. The average Bonchev–Trinajstić information content (AvgIpc) is 3.07. The van der Waals surface area contributed by atoms with Crippen molar-refractivity contribution in [3.05, 3.63) is 48.3 Å². The molecule has 1 fully saturated rings. The van der Waals surface area contributed by atoms with E-state index in [9.17, 15) is 5.11 Å². The minimum Gasteiger partial charge on any atom is -0.508 e. The number of aromatic nitrogens is 2. The van der Waals surface area contributed by atoms with Crippen LogP contribution in [0.5, 0.6) is 5.75 Å². The van der Waals surface area contributed by atoms with Gasteiger partial charge < -0.3 is 5.11 Å². The van der Waals surface area contributed by atoms with E-state index >= 15 is 0 Å². The number of rotatable bonds is 6. The standard InChI is InChI=1S/C18H26N4O/c1-16(6-9-22-8-3-7-19-22)21-12-10-20(11-13-21)15-17-4-2-5-18(23)14-17/h2-5,7-8,14,16,23H,6,9-13,15H2,1H3. The lowest BCUT2D eigenvalue weighted by Crippen LogP contribution is -2.49. The predicted octanol–water partition coefficient (Wildman–Crippen LogP) is 2.19. The highest BCUT2D eigenvalue weighted by Crippen LogP contribution is 2.15. The summed E-state index contributed by atoms with van der Waals surface area (Å²) in [6.45, 7) is 8.61. The Labute approximate surface area is 138 Å². The summed E-state index contributed by atoms with van der Waals surface area (Å²) in [4.78, 5) is 5.04. The van der Waals surface area contributed by atoms with Crippen LogP contribution in [-0.2, 0) is 13.1 Å². The Morgan fingerprint density at radius 3 is 2.70 bits per heavy atom. The summed E-state index contributed by atoms with van der Waals surface area (Å²) in [7, 11) is 0. The molecule has 1 aromatic carbocycles. The molecule has 0 spiro atoms. The van der Waals surface area contributed by atoms with Gasteiger partial charge in [-0.1, -0.05) is 12.1 Å². The molecule has 124 valence electrons. The minimum atomic E-state index is 0.355. The molecular weight excluding hydrogens is 288 g/mol. The molecule has 1 saturated heterocycles. The van der Waals surface area contributed by atoms with Gasteiger partial charge in [0.15, 0.2) is 0 Å². The van der Waals surface area contributed by atoms with E-state index in [1.54, 1.807) is 6.07 Å². The predicted molar refractivity (Wildman–Crippen MR) is 91.3 cm³/mol. The molecule has 1 aliphatic heterocycles. The molecular formula is C18H26N4O. The molecule has 5 heteroatoms. The molecule has 5 nitrogen and oxygen atoms in total. The molecule has 0 bridgehead atoms. The molecule has 1 aromatic heterocycles. The fourth-order valence-corrected chi connectivity index (χ4v) is 3.21. The largest absolute Gasteiger partial charge is 0.508 e. The maximum Gasteiger partial charge on any atom is 0.115 e. The number of aromatic hydroxyl groups is 1. The van der Waals surface area contributed by atoms with Gasteiger partial charge in [-0.2, -0.15) is 5.10 Å². The smallest absolute Gasteiger partial charge is 0.115 e. The molecule has 0 amide bonds. The van der Waals surface area contributed by atoms with Crippen LogP contribution >= 0.6 is 0 Å². The summed E-state index contributed by atoms with van der Waals surface area (Å²) >= 11 is 0. The number of hydrogen-bond acceptors (Lipinski definition) is 4. The van der Waals surface area contributed by atoms with Crippen molar-refractivity contribution in [3.8, 4) is 5.75 Å². The van der Waals surface area contributed by atoms with Gasteiger partial charge in [0.05, 0.1) is 0 Å². The summed E-state index contributed by atoms with van der Waals surface area (Å²) in [6.07, 6.45) is 5.00. The first kappa shape index (κ1) is 16.0. The van der Waals surface area contributed by atoms with Gasteiger partial charge in [0.1, 0.15) is 5.75 Å². The lowest BCUT2D eigenvalue weighted by molar-refractivity contribution is 0.0924. The lowest BCUT2D eigenvalue weighted by atomic mass is 10.1. The number of phenols is 1. The normalized spacial score (nSPS) is 18.1. The quantitative estimate of drug-likeness (QED) is 0.888. The summed E-state index contributed by atoms with van der Waals surface area (Å²) in [5.74, 6) is 0.355. The molecule has 2 aromatic rings. The second-order valence-corrected chi connectivity index (χ2v) is 6.39. The lowest BCUT2D eigenvalue weighted by Gasteiger charge is -2.38. The van der Waals surface area contributed by atoms with Crippen LogP contribution in [0.15, 0.2) is 42.7 Å². The number of piperazine rings is 1. The Kier molecular flexibility index (Phi) is 5.31. The van der Waals surface area contributed by atoms with Crippen molar-refractivity contribution in [3.63, 3.8) is 0 Å². The van der Waals surface area contributed by atoms with Crippen LogP contribution in [0, 0.1) is 0 Å². The van der Waals surface area contributed by atoms with Crippen LogP contribution in [0.4, 0.5) is 0 Å². The zero-order valence-electron chi connectivity index (χ0n) is 13.8. The fraction of sp³-hybridized carbons (Fsp3) is 0.500. The Morgan fingerprint density at radius 1 is 1.17 bits per heavy atom. The highest BCUT2D eigenvalue weighted by Gasteiger charge is 2.21. The van der Waals surface area contributed by atoms with Gasteiger partial charge in [0.25, 0.3) is 0 Å². The van der Waals surface area contributed by atoms with Gasteiger partial charge in [-0.25, -0.2) is 0 Å². The number of hydrogen-bond donors (Lipinski definition) is 1. The van der Waals surface area contributed by atoms with Crippen LogP contribution in [0.3, 0.4) is 0 Å². The molecule has 2 heterocycles. The summed E-state index contributed by atoms with van der Waals surface area (Å²) < 4.78 is 2.01. The van der Waals surface area contributed by atoms with Crippen LogP contribution in [0.25, 0.3) is 0 Å². The molecule has 1 atom stereocenters. The van der Waals surface area contributed by atoms with Crippen LogP contribution in [-0.4, -0.2) is 56.9 Å². The SMILES string of the molecule is CC(CCn1cccn1)N1CCN(Cc2cccc(O)c2)CC1. The third-order valence-electron chi connectivity index (χ3n) is 4.68. The van der Waals surface area contributed by atoms with Gasteiger partial charge in [0.2, 0.25) is 0 Å². The summed E-state index contributed by atoms with van der Waals surface area (Å²) in [5, 5.41) is 13.8. The number of phenolic OH excluding ortho intramolecular Hbond substituents is 1. The Bertz CT molecular complexity index is 591. The minimum absolute atomic E-state index is 0.355. The molecule has 1 aliphatic rings. The number of benzene rings is 1. The van der Waals surface area contributed by atoms with Crippen molar-refractivity contribution in [2.24, 2.45) is 0 Å². The zero-order chi connectivity index (χ0) is 16.1. The van der Waals surface area contributed by atoms with Crippen molar-refractivity contribution < 1.29 is 5.11 Å². The monoisotopic (exact) mass is 314 g/mol. The number of aryl methyl sites for hydroxylation is 1. The molecule has 3 rings (SSSR count). The summed E-state index contributed by atoms with van der Waals surface area (Å²) in [5.41, 5.74) is 1.19. The highest BCUT2D eigenvalue weighted by molar-refractivity contribution is 5.27. The van der Waals surface area contributed by atoms with E-state index in [1.165, 1.54) is 5.56 Å². The molecule has 0 aliphatic carbocycles. The first-order valence-electron chi connectivity index (χ1n) is 8.42. The second-order valence-electron chi connectivity index (χ2n) is 6.39. The van der Waals surface area contributed by atoms with Gasteiger partial charge >= 0.3 is 0 Å². The first-order valence-corrected chi connectivity index (χ1v) is 8.42. The van der Waals surface area contributed by atoms with Gasteiger partial charge in [-0.15, -0.1) is 0 Å². The first-order chi connectivity index (χ1) is 11.2. The van der Waals surface area contributed by atoms with Crippen LogP contribution in [0.1, 0.15) is 18.9 Å². The van der Waals surface area contributed by atoms with Gasteiger partial charge in [-0.05, 0) is 37.1 Å². The van der Waals surface area contributed by atoms with E-state index in [0.29, 0.717) is 11.8 Å². The third kappa shape index (κ3) is 4.56. The Hall–Kier alpha value is -1.85. The fourth-order valence-electron chi connectivity index (χ4n) is 3.21. The van der Waals surface area contributed by atoms with Crippen molar-refractivity contribution in [2.75, 3.05) is 26.2 Å². The van der Waals surface area contributed by atoms with Gasteiger partial charge in [-0.3, -0.25) is 14.5 Å². The van der Waals surface area contributed by atoms with E-state index in [1.807, 2.05) is 35.3 Å². The maximum absolute atomic E-state index is 9.56. The van der Waals surface area contributed by atoms with Crippen molar-refractivity contribution in [1.29, 1.82) is 0 Å². The van der Waals surface area contributed by atoms with Crippen molar-refractivity contribution in [2.45, 2.75) is 32.5 Å². The van der Waals surface area contributed by atoms with Crippen molar-refractivity contribution >= 4 is 0 Å². The van der Waals surface area contributed by atoms with E-state index < -0.39 is 0 Å². The van der Waals surface area contributed by atoms with E-state index in [0.717, 1.165) is 45.7 Å². The second kappa shape index (κ2) is 7.62. The molecule has 23 heavy (non-hydrogen) atoms. The third-order valence-corrected chi connectivity index (χ3v) is 4.68. The van der Waals surface area contributed by atoms with Crippen LogP contribution in [0.2, 0.25) is 0 Å². The topological polar surface area (TPSA) is 44.5 Å². The Balaban J connectivity index is 1.42. The molecule has 0 radical (unpaired) electrons. The van der Waals surface area contributed by atoms with E-state index in [-0.39, 0.29) is 0 Å². The van der Waals surface area contributed by atoms with Crippen molar-refractivity contribution in [1.82, 2.24) is 19.6 Å². The zero-order valence-corrected chi connectivity index (χ0v) is 13.8. The van der Waals surface area contributed by atoms with Gasteiger partial charge in [0, 0.05) is 57.7 Å². The van der Waals surface area contributed by atoms with Crippen LogP contribution < -0.4 is 0 Å². The molecule has 1 unspecified atom stereocenters. The Morgan fingerprint density at radius 2 is 2.00 bits per heavy atom. The maximum atomic E-state index is 9.56. The highest BCUT2D eigenvalue weighted by atomic mass is 16.3.